The molecule has 1 aromatic carbocycles. The van der Waals surface area contributed by atoms with Crippen molar-refractivity contribution < 1.29 is 19.5 Å². The first-order chi connectivity index (χ1) is 10.5. The van der Waals surface area contributed by atoms with E-state index in [0.717, 1.165) is 12.8 Å². The van der Waals surface area contributed by atoms with Crippen LogP contribution in [0.1, 0.15) is 40.5 Å². The van der Waals surface area contributed by atoms with E-state index in [4.69, 9.17) is 5.11 Å². The summed E-state index contributed by atoms with van der Waals surface area (Å²) in [6.07, 6.45) is 1.62. The molecule has 1 N–H and O–H groups in total. The van der Waals surface area contributed by atoms with Crippen molar-refractivity contribution in [2.75, 3.05) is 26.2 Å². The summed E-state index contributed by atoms with van der Waals surface area (Å²) >= 11 is 0. The van der Waals surface area contributed by atoms with Gasteiger partial charge in [-0.25, -0.2) is 4.79 Å². The number of rotatable bonds is 4. The second-order valence-corrected chi connectivity index (χ2v) is 5.35. The lowest BCUT2D eigenvalue weighted by molar-refractivity contribution is -0.130. The molecule has 6 nitrogen and oxygen atoms in total. The Morgan fingerprint density at radius 3 is 2.64 bits per heavy atom. The number of carbonyl (C=O) groups is 3. The van der Waals surface area contributed by atoms with E-state index < -0.39 is 5.97 Å². The minimum Gasteiger partial charge on any atom is -0.478 e. The van der Waals surface area contributed by atoms with Gasteiger partial charge in [0.05, 0.1) is 5.56 Å². The SMILES string of the molecule is CCCN1CCCN(C(=O)c2cccc(C(=O)O)c2)CC1=O. The molecular formula is C16H20N2O4. The van der Waals surface area contributed by atoms with Crippen LogP contribution in [-0.2, 0) is 4.79 Å². The molecule has 2 amide bonds. The zero-order chi connectivity index (χ0) is 16.1. The number of hydrogen-bond acceptors (Lipinski definition) is 3. The quantitative estimate of drug-likeness (QED) is 0.913. The van der Waals surface area contributed by atoms with E-state index in [2.05, 4.69) is 0 Å². The predicted octanol–water partition coefficient (Wildman–Crippen LogP) is 1.47. The molecule has 0 aromatic heterocycles. The molecule has 2 rings (SSSR count). The lowest BCUT2D eigenvalue weighted by Gasteiger charge is -2.21. The summed E-state index contributed by atoms with van der Waals surface area (Å²) in [5.74, 6) is -1.42. The minimum absolute atomic E-state index is 0.0517. The summed E-state index contributed by atoms with van der Waals surface area (Å²) in [4.78, 5) is 38.9. The number of carboxylic acid groups (broad SMARTS) is 1. The first-order valence-electron chi connectivity index (χ1n) is 7.43. The Kier molecular flexibility index (Phi) is 5.14. The van der Waals surface area contributed by atoms with Crippen molar-refractivity contribution in [2.45, 2.75) is 19.8 Å². The van der Waals surface area contributed by atoms with Crippen LogP contribution in [0.4, 0.5) is 0 Å². The second kappa shape index (κ2) is 7.06. The van der Waals surface area contributed by atoms with Crippen LogP contribution in [-0.4, -0.2) is 58.9 Å². The molecule has 0 atom stereocenters. The van der Waals surface area contributed by atoms with E-state index >= 15 is 0 Å². The fourth-order valence-electron chi connectivity index (χ4n) is 2.57. The molecule has 1 aliphatic heterocycles. The fraction of sp³-hybridized carbons (Fsp3) is 0.438. The van der Waals surface area contributed by atoms with Crippen molar-refractivity contribution in [1.82, 2.24) is 9.80 Å². The van der Waals surface area contributed by atoms with Crippen LogP contribution in [0.25, 0.3) is 0 Å². The molecule has 22 heavy (non-hydrogen) atoms. The van der Waals surface area contributed by atoms with Gasteiger partial charge in [0.1, 0.15) is 6.54 Å². The number of carboxylic acids is 1. The molecule has 0 saturated carbocycles. The van der Waals surface area contributed by atoms with Crippen LogP contribution in [0.3, 0.4) is 0 Å². The molecule has 0 radical (unpaired) electrons. The summed E-state index contributed by atoms with van der Waals surface area (Å²) in [5.41, 5.74) is 0.372. The topological polar surface area (TPSA) is 77.9 Å². The number of carbonyl (C=O) groups excluding carboxylic acids is 2. The van der Waals surface area contributed by atoms with E-state index in [0.29, 0.717) is 25.2 Å². The summed E-state index contributed by atoms with van der Waals surface area (Å²) in [6.45, 7) is 3.93. The van der Waals surface area contributed by atoms with Gasteiger partial charge in [-0.2, -0.15) is 0 Å². The average Bonchev–Trinajstić information content (AvgIpc) is 2.69. The Bertz CT molecular complexity index is 585. The maximum atomic E-state index is 12.5. The van der Waals surface area contributed by atoms with Crippen molar-refractivity contribution in [3.05, 3.63) is 35.4 Å². The normalized spacial score (nSPS) is 15.6. The van der Waals surface area contributed by atoms with Crippen molar-refractivity contribution in [3.63, 3.8) is 0 Å². The first-order valence-corrected chi connectivity index (χ1v) is 7.43. The van der Waals surface area contributed by atoms with Gasteiger partial charge in [0.2, 0.25) is 5.91 Å². The van der Waals surface area contributed by atoms with Crippen LogP contribution in [0.5, 0.6) is 0 Å². The standard InChI is InChI=1S/C16H20N2O4/c1-2-7-17-8-4-9-18(11-14(17)19)15(20)12-5-3-6-13(10-12)16(21)22/h3,5-6,10H,2,4,7-9,11H2,1H3,(H,21,22). The highest BCUT2D eigenvalue weighted by atomic mass is 16.4. The van der Waals surface area contributed by atoms with Crippen LogP contribution < -0.4 is 0 Å². The van der Waals surface area contributed by atoms with Gasteiger partial charge in [0.15, 0.2) is 0 Å². The van der Waals surface area contributed by atoms with E-state index in [1.165, 1.54) is 17.0 Å². The summed E-state index contributed by atoms with van der Waals surface area (Å²) in [7, 11) is 0. The van der Waals surface area contributed by atoms with Gasteiger partial charge in [-0.15, -0.1) is 0 Å². The first kappa shape index (κ1) is 16.0. The van der Waals surface area contributed by atoms with Crippen molar-refractivity contribution >= 4 is 17.8 Å². The Morgan fingerprint density at radius 2 is 1.95 bits per heavy atom. The highest BCUT2D eigenvalue weighted by molar-refractivity contribution is 5.99. The van der Waals surface area contributed by atoms with Crippen molar-refractivity contribution in [2.24, 2.45) is 0 Å². The van der Waals surface area contributed by atoms with Gasteiger partial charge in [-0.1, -0.05) is 13.0 Å². The lowest BCUT2D eigenvalue weighted by Crippen LogP contribution is -2.39. The van der Waals surface area contributed by atoms with Gasteiger partial charge in [0, 0.05) is 25.2 Å². The van der Waals surface area contributed by atoms with Crippen molar-refractivity contribution in [3.8, 4) is 0 Å². The largest absolute Gasteiger partial charge is 0.478 e. The Hall–Kier alpha value is -2.37. The third-order valence-electron chi connectivity index (χ3n) is 3.67. The van der Waals surface area contributed by atoms with Gasteiger partial charge >= 0.3 is 5.97 Å². The van der Waals surface area contributed by atoms with Gasteiger partial charge in [-0.3, -0.25) is 9.59 Å². The monoisotopic (exact) mass is 304 g/mol. The van der Waals surface area contributed by atoms with Crippen LogP contribution >= 0.6 is 0 Å². The Balaban J connectivity index is 2.14. The highest BCUT2D eigenvalue weighted by Crippen LogP contribution is 2.12. The number of benzene rings is 1. The molecule has 1 aromatic rings. The lowest BCUT2D eigenvalue weighted by atomic mass is 10.1. The predicted molar refractivity (Wildman–Crippen MR) is 80.8 cm³/mol. The molecular weight excluding hydrogens is 284 g/mol. The van der Waals surface area contributed by atoms with Crippen LogP contribution in [0.2, 0.25) is 0 Å². The zero-order valence-electron chi connectivity index (χ0n) is 12.6. The highest BCUT2D eigenvalue weighted by Gasteiger charge is 2.25. The number of hydrogen-bond donors (Lipinski definition) is 1. The molecule has 0 aliphatic carbocycles. The molecule has 1 aliphatic rings. The number of aromatic carboxylic acids is 1. The fourth-order valence-corrected chi connectivity index (χ4v) is 2.57. The van der Waals surface area contributed by atoms with E-state index in [9.17, 15) is 14.4 Å². The summed E-state index contributed by atoms with van der Waals surface area (Å²) in [6, 6.07) is 5.91. The molecule has 1 fully saturated rings. The third kappa shape index (κ3) is 3.63. The zero-order valence-corrected chi connectivity index (χ0v) is 12.6. The van der Waals surface area contributed by atoms with Crippen molar-refractivity contribution in [1.29, 1.82) is 0 Å². The average molecular weight is 304 g/mol. The molecule has 0 bridgehead atoms. The Labute approximate surface area is 129 Å². The van der Waals surface area contributed by atoms with E-state index in [1.54, 1.807) is 17.0 Å². The molecule has 0 spiro atoms. The van der Waals surface area contributed by atoms with E-state index in [1.807, 2.05) is 6.92 Å². The molecule has 118 valence electrons. The smallest absolute Gasteiger partial charge is 0.335 e. The van der Waals surface area contributed by atoms with Gasteiger partial charge in [0.25, 0.3) is 5.91 Å². The second-order valence-electron chi connectivity index (χ2n) is 5.35. The third-order valence-corrected chi connectivity index (χ3v) is 3.67. The van der Waals surface area contributed by atoms with Gasteiger partial charge in [-0.05, 0) is 31.0 Å². The van der Waals surface area contributed by atoms with Crippen LogP contribution in [0, 0.1) is 0 Å². The number of amides is 2. The van der Waals surface area contributed by atoms with Gasteiger partial charge < -0.3 is 14.9 Å². The Morgan fingerprint density at radius 1 is 1.23 bits per heavy atom. The van der Waals surface area contributed by atoms with E-state index in [-0.39, 0.29) is 23.9 Å². The number of nitrogens with zero attached hydrogens (tertiary/aromatic N) is 2. The molecule has 1 saturated heterocycles. The van der Waals surface area contributed by atoms with Crippen LogP contribution in [0.15, 0.2) is 24.3 Å². The molecule has 0 unspecified atom stereocenters. The summed E-state index contributed by atoms with van der Waals surface area (Å²) < 4.78 is 0. The summed E-state index contributed by atoms with van der Waals surface area (Å²) in [5, 5.41) is 9.00. The molecule has 6 heteroatoms. The maximum absolute atomic E-state index is 12.5. The molecule has 1 heterocycles. The maximum Gasteiger partial charge on any atom is 0.335 e. The minimum atomic E-state index is -1.07.